The average Bonchev–Trinajstić information content (AvgIpc) is 2.29. The Labute approximate surface area is 115 Å². The summed E-state index contributed by atoms with van der Waals surface area (Å²) in [6.07, 6.45) is 13.8. The summed E-state index contributed by atoms with van der Waals surface area (Å²) in [6.45, 7) is 9.00. The van der Waals surface area contributed by atoms with E-state index in [2.05, 4.69) is 27.7 Å². The van der Waals surface area contributed by atoms with Crippen molar-refractivity contribution in [1.82, 2.24) is 0 Å². The van der Waals surface area contributed by atoms with Gasteiger partial charge in [-0.15, -0.1) is 0 Å². The van der Waals surface area contributed by atoms with Crippen LogP contribution in [0, 0.1) is 5.41 Å². The van der Waals surface area contributed by atoms with E-state index < -0.39 is 0 Å². The van der Waals surface area contributed by atoms with Crippen molar-refractivity contribution in [3.05, 3.63) is 0 Å². The molecule has 0 fully saturated rings. The fourth-order valence-corrected chi connectivity index (χ4v) is 2.26. The Kier molecular flexibility index (Phi) is 10.8. The summed E-state index contributed by atoms with van der Waals surface area (Å²) in [5.74, 6) is 0. The van der Waals surface area contributed by atoms with Gasteiger partial charge in [-0.25, -0.2) is 0 Å². The molecule has 0 amide bonds. The highest BCUT2D eigenvalue weighted by Gasteiger charge is 2.13. The minimum Gasteiger partial charge on any atom is -0.393 e. The topological polar surface area (TPSA) is 20.2 Å². The van der Waals surface area contributed by atoms with Crippen LogP contribution in [0.5, 0.6) is 0 Å². The van der Waals surface area contributed by atoms with Crippen molar-refractivity contribution >= 4 is 0 Å². The van der Waals surface area contributed by atoms with E-state index in [1.165, 1.54) is 51.4 Å². The third-order valence-electron chi connectivity index (χ3n) is 3.62. The van der Waals surface area contributed by atoms with E-state index in [0.29, 0.717) is 5.41 Å². The number of unbranched alkanes of at least 4 members (excludes halogenated alkanes) is 7. The molecule has 0 aliphatic heterocycles. The van der Waals surface area contributed by atoms with E-state index in [0.717, 1.165) is 19.3 Å². The molecule has 1 nitrogen and oxygen atoms in total. The Hall–Kier alpha value is -0.0400. The molecule has 0 saturated heterocycles. The molecule has 0 rings (SSSR count). The first-order valence-corrected chi connectivity index (χ1v) is 8.14. The molecule has 0 aromatic carbocycles. The second-order valence-electron chi connectivity index (χ2n) is 7.02. The summed E-state index contributed by atoms with van der Waals surface area (Å²) >= 11 is 0. The van der Waals surface area contributed by atoms with Crippen LogP contribution in [0.4, 0.5) is 0 Å². The lowest BCUT2D eigenvalue weighted by Crippen LogP contribution is -2.12. The van der Waals surface area contributed by atoms with Crippen molar-refractivity contribution in [2.45, 2.75) is 104 Å². The van der Waals surface area contributed by atoms with Crippen molar-refractivity contribution in [2.24, 2.45) is 5.41 Å². The van der Waals surface area contributed by atoms with Crippen molar-refractivity contribution in [3.63, 3.8) is 0 Å². The zero-order chi connectivity index (χ0) is 13.9. The first-order chi connectivity index (χ1) is 8.45. The highest BCUT2D eigenvalue weighted by atomic mass is 16.3. The van der Waals surface area contributed by atoms with Crippen LogP contribution in [-0.2, 0) is 0 Å². The van der Waals surface area contributed by atoms with E-state index >= 15 is 0 Å². The van der Waals surface area contributed by atoms with Crippen LogP contribution in [0.15, 0.2) is 0 Å². The number of aliphatic hydroxyl groups is 1. The van der Waals surface area contributed by atoms with Gasteiger partial charge in [-0.1, -0.05) is 79.1 Å². The van der Waals surface area contributed by atoms with Crippen LogP contribution in [0.2, 0.25) is 0 Å². The fraction of sp³-hybridized carbons (Fsp3) is 1.00. The van der Waals surface area contributed by atoms with E-state index in [1.54, 1.807) is 0 Å². The monoisotopic (exact) mass is 256 g/mol. The van der Waals surface area contributed by atoms with Crippen LogP contribution in [-0.4, -0.2) is 11.2 Å². The SMILES string of the molecule is CCCCCCCCCCC(O)CCC(C)(C)C. The summed E-state index contributed by atoms with van der Waals surface area (Å²) < 4.78 is 0. The van der Waals surface area contributed by atoms with Gasteiger partial charge >= 0.3 is 0 Å². The number of rotatable bonds is 11. The number of hydrogen-bond acceptors (Lipinski definition) is 1. The van der Waals surface area contributed by atoms with Crippen molar-refractivity contribution in [2.75, 3.05) is 0 Å². The standard InChI is InChI=1S/C17H36O/c1-5-6-7-8-9-10-11-12-13-16(18)14-15-17(2,3)4/h16,18H,5-15H2,1-4H3. The van der Waals surface area contributed by atoms with Crippen molar-refractivity contribution in [1.29, 1.82) is 0 Å². The Morgan fingerprint density at radius 3 is 1.78 bits per heavy atom. The maximum absolute atomic E-state index is 9.89. The molecule has 0 saturated carbocycles. The molecular weight excluding hydrogens is 220 g/mol. The molecule has 0 heterocycles. The molecule has 1 unspecified atom stereocenters. The van der Waals surface area contributed by atoms with Gasteiger partial charge in [0.1, 0.15) is 0 Å². The second-order valence-corrected chi connectivity index (χ2v) is 7.02. The molecule has 1 N–H and O–H groups in total. The van der Waals surface area contributed by atoms with E-state index in [-0.39, 0.29) is 6.10 Å². The van der Waals surface area contributed by atoms with Gasteiger partial charge in [0.05, 0.1) is 6.10 Å². The first-order valence-electron chi connectivity index (χ1n) is 8.14. The number of hydrogen-bond donors (Lipinski definition) is 1. The van der Waals surface area contributed by atoms with Crippen molar-refractivity contribution < 1.29 is 5.11 Å². The lowest BCUT2D eigenvalue weighted by molar-refractivity contribution is 0.133. The largest absolute Gasteiger partial charge is 0.393 e. The summed E-state index contributed by atoms with van der Waals surface area (Å²) in [4.78, 5) is 0. The Morgan fingerprint density at radius 2 is 1.28 bits per heavy atom. The minimum absolute atomic E-state index is 0.0654. The molecule has 1 atom stereocenters. The Balaban J connectivity index is 3.23. The normalized spacial score (nSPS) is 13.8. The van der Waals surface area contributed by atoms with E-state index in [4.69, 9.17) is 0 Å². The Bertz CT molecular complexity index is 169. The smallest absolute Gasteiger partial charge is 0.0540 e. The third-order valence-corrected chi connectivity index (χ3v) is 3.62. The molecule has 1 heteroatoms. The maximum atomic E-state index is 9.89. The van der Waals surface area contributed by atoms with Gasteiger partial charge in [0.25, 0.3) is 0 Å². The second kappa shape index (κ2) is 10.8. The molecule has 0 radical (unpaired) electrons. The molecule has 0 aliphatic rings. The predicted molar refractivity (Wildman–Crippen MR) is 81.9 cm³/mol. The highest BCUT2D eigenvalue weighted by Crippen LogP contribution is 2.23. The molecule has 18 heavy (non-hydrogen) atoms. The summed E-state index contributed by atoms with van der Waals surface area (Å²) in [5, 5.41) is 9.89. The van der Waals surface area contributed by atoms with Crippen LogP contribution in [0.25, 0.3) is 0 Å². The molecule has 0 bridgehead atoms. The highest BCUT2D eigenvalue weighted by molar-refractivity contribution is 4.65. The molecular formula is C17H36O. The van der Waals surface area contributed by atoms with Gasteiger partial charge in [-0.3, -0.25) is 0 Å². The zero-order valence-electron chi connectivity index (χ0n) is 13.3. The maximum Gasteiger partial charge on any atom is 0.0540 e. The molecule has 0 aromatic rings. The van der Waals surface area contributed by atoms with Gasteiger partial charge in [0, 0.05) is 0 Å². The van der Waals surface area contributed by atoms with Gasteiger partial charge in [0.15, 0.2) is 0 Å². The lowest BCUT2D eigenvalue weighted by Gasteiger charge is -2.20. The third kappa shape index (κ3) is 14.0. The van der Waals surface area contributed by atoms with E-state index in [1.807, 2.05) is 0 Å². The van der Waals surface area contributed by atoms with Crippen LogP contribution in [0.3, 0.4) is 0 Å². The lowest BCUT2D eigenvalue weighted by atomic mass is 9.88. The summed E-state index contributed by atoms with van der Waals surface area (Å²) in [5.41, 5.74) is 0.361. The quantitative estimate of drug-likeness (QED) is 0.470. The molecule has 0 spiro atoms. The molecule has 0 aliphatic carbocycles. The van der Waals surface area contributed by atoms with Crippen LogP contribution in [0.1, 0.15) is 98.3 Å². The zero-order valence-corrected chi connectivity index (χ0v) is 13.3. The molecule has 110 valence electrons. The average molecular weight is 256 g/mol. The van der Waals surface area contributed by atoms with Crippen molar-refractivity contribution in [3.8, 4) is 0 Å². The van der Waals surface area contributed by atoms with Gasteiger partial charge in [0.2, 0.25) is 0 Å². The minimum atomic E-state index is -0.0654. The predicted octanol–water partition coefficient (Wildman–Crippen LogP) is 5.70. The fourth-order valence-electron chi connectivity index (χ4n) is 2.26. The van der Waals surface area contributed by atoms with Crippen LogP contribution >= 0.6 is 0 Å². The van der Waals surface area contributed by atoms with E-state index in [9.17, 15) is 5.11 Å². The van der Waals surface area contributed by atoms with Crippen LogP contribution < -0.4 is 0 Å². The summed E-state index contributed by atoms with van der Waals surface area (Å²) in [7, 11) is 0. The molecule has 0 aromatic heterocycles. The Morgan fingerprint density at radius 1 is 0.778 bits per heavy atom. The van der Waals surface area contributed by atoms with Gasteiger partial charge in [-0.05, 0) is 24.7 Å². The van der Waals surface area contributed by atoms with Gasteiger partial charge < -0.3 is 5.11 Å². The summed E-state index contributed by atoms with van der Waals surface area (Å²) in [6, 6.07) is 0. The first kappa shape index (κ1) is 18.0. The van der Waals surface area contributed by atoms with Gasteiger partial charge in [-0.2, -0.15) is 0 Å². The number of aliphatic hydroxyl groups excluding tert-OH is 1.